The molecule has 0 aliphatic carbocycles. The number of aromatic hydroxyl groups is 1. The van der Waals surface area contributed by atoms with Crippen molar-refractivity contribution in [2.24, 2.45) is 0 Å². The molecule has 0 unspecified atom stereocenters. The Kier molecular flexibility index (Phi) is 2.18. The van der Waals surface area contributed by atoms with Gasteiger partial charge in [-0.05, 0) is 38.5 Å². The first-order valence-corrected chi connectivity index (χ1v) is 6.11. The highest BCUT2D eigenvalue weighted by molar-refractivity contribution is 5.77. The fourth-order valence-electron chi connectivity index (χ4n) is 2.54. The van der Waals surface area contributed by atoms with Crippen LogP contribution in [-0.4, -0.2) is 5.11 Å². The van der Waals surface area contributed by atoms with Gasteiger partial charge in [-0.3, -0.25) is 0 Å². The molecule has 1 aliphatic rings. The molecule has 18 heavy (non-hydrogen) atoms. The molecular weight excluding hydrogens is 224 g/mol. The highest BCUT2D eigenvalue weighted by atomic mass is 16.5. The Labute approximate surface area is 107 Å². The number of phenols is 1. The lowest BCUT2D eigenvalue weighted by Crippen LogP contribution is -2.29. The van der Waals surface area contributed by atoms with E-state index in [4.69, 9.17) is 4.74 Å². The SMILES string of the molecule is Cc1ccc2c(c1)C(C)(C)Oc1cc(O)ccc1-2. The van der Waals surface area contributed by atoms with Gasteiger partial charge in [0.2, 0.25) is 0 Å². The molecule has 0 spiro atoms. The molecule has 0 amide bonds. The van der Waals surface area contributed by atoms with E-state index in [2.05, 4.69) is 39.0 Å². The lowest BCUT2D eigenvalue weighted by molar-refractivity contribution is 0.105. The zero-order valence-electron chi connectivity index (χ0n) is 10.8. The van der Waals surface area contributed by atoms with Gasteiger partial charge in [-0.1, -0.05) is 23.8 Å². The predicted molar refractivity (Wildman–Crippen MR) is 71.9 cm³/mol. The predicted octanol–water partition coefficient (Wildman–Crippen LogP) is 4.00. The van der Waals surface area contributed by atoms with E-state index in [1.165, 1.54) is 16.7 Å². The van der Waals surface area contributed by atoms with E-state index in [0.717, 1.165) is 11.3 Å². The Morgan fingerprint density at radius 2 is 1.72 bits per heavy atom. The summed E-state index contributed by atoms with van der Waals surface area (Å²) in [5, 5.41) is 9.57. The first-order valence-electron chi connectivity index (χ1n) is 6.11. The van der Waals surface area contributed by atoms with Crippen LogP contribution in [0.15, 0.2) is 36.4 Å². The van der Waals surface area contributed by atoms with Crippen LogP contribution in [0, 0.1) is 6.92 Å². The number of fused-ring (bicyclic) bond motifs is 3. The summed E-state index contributed by atoms with van der Waals surface area (Å²) in [7, 11) is 0. The molecule has 1 heterocycles. The minimum atomic E-state index is -0.373. The topological polar surface area (TPSA) is 29.5 Å². The van der Waals surface area contributed by atoms with E-state index in [-0.39, 0.29) is 11.4 Å². The molecule has 1 aliphatic heterocycles. The third kappa shape index (κ3) is 1.57. The third-order valence-corrected chi connectivity index (χ3v) is 3.44. The molecule has 3 rings (SSSR count). The summed E-state index contributed by atoms with van der Waals surface area (Å²) in [4.78, 5) is 0. The number of ether oxygens (including phenoxy) is 1. The van der Waals surface area contributed by atoms with Gasteiger partial charge < -0.3 is 9.84 Å². The molecular formula is C16H16O2. The van der Waals surface area contributed by atoms with Crippen molar-refractivity contribution in [1.29, 1.82) is 0 Å². The van der Waals surface area contributed by atoms with Crippen LogP contribution in [0.2, 0.25) is 0 Å². The van der Waals surface area contributed by atoms with E-state index >= 15 is 0 Å². The van der Waals surface area contributed by atoms with Gasteiger partial charge in [0, 0.05) is 17.2 Å². The van der Waals surface area contributed by atoms with Gasteiger partial charge in [0.15, 0.2) is 0 Å². The molecule has 2 aromatic rings. The third-order valence-electron chi connectivity index (χ3n) is 3.44. The molecule has 2 heteroatoms. The van der Waals surface area contributed by atoms with Gasteiger partial charge in [0.1, 0.15) is 17.1 Å². The Bertz CT molecular complexity index is 627. The number of rotatable bonds is 0. The van der Waals surface area contributed by atoms with Crippen molar-refractivity contribution in [2.75, 3.05) is 0 Å². The van der Waals surface area contributed by atoms with Crippen molar-refractivity contribution >= 4 is 0 Å². The van der Waals surface area contributed by atoms with E-state index in [1.54, 1.807) is 12.1 Å². The monoisotopic (exact) mass is 240 g/mol. The van der Waals surface area contributed by atoms with Crippen LogP contribution in [0.1, 0.15) is 25.0 Å². The van der Waals surface area contributed by atoms with Crippen molar-refractivity contribution in [3.63, 3.8) is 0 Å². The summed E-state index contributed by atoms with van der Waals surface area (Å²) in [6.45, 7) is 6.19. The summed E-state index contributed by atoms with van der Waals surface area (Å²) < 4.78 is 6.02. The minimum absolute atomic E-state index is 0.236. The lowest BCUT2D eigenvalue weighted by atomic mass is 9.85. The molecule has 0 atom stereocenters. The molecule has 2 aromatic carbocycles. The van der Waals surface area contributed by atoms with Crippen LogP contribution in [0.3, 0.4) is 0 Å². The number of hydrogen-bond acceptors (Lipinski definition) is 2. The second kappa shape index (κ2) is 3.52. The molecule has 0 saturated carbocycles. The molecule has 0 aromatic heterocycles. The highest BCUT2D eigenvalue weighted by Gasteiger charge is 2.32. The van der Waals surface area contributed by atoms with Crippen LogP contribution >= 0.6 is 0 Å². The Hall–Kier alpha value is -1.96. The minimum Gasteiger partial charge on any atom is -0.508 e. The fraction of sp³-hybridized carbons (Fsp3) is 0.250. The molecule has 0 radical (unpaired) electrons. The van der Waals surface area contributed by atoms with Crippen LogP contribution in [0.4, 0.5) is 0 Å². The standard InChI is InChI=1S/C16H16O2/c1-10-4-6-12-13-7-5-11(17)9-15(13)18-16(2,3)14(12)8-10/h4-9,17H,1-3H3. The number of phenolic OH excluding ortho intramolecular Hbond substituents is 1. The largest absolute Gasteiger partial charge is 0.508 e. The number of hydrogen-bond donors (Lipinski definition) is 1. The Morgan fingerprint density at radius 3 is 2.50 bits per heavy atom. The van der Waals surface area contributed by atoms with Crippen molar-refractivity contribution in [3.05, 3.63) is 47.5 Å². The quantitative estimate of drug-likeness (QED) is 0.754. The van der Waals surface area contributed by atoms with Crippen molar-refractivity contribution in [2.45, 2.75) is 26.4 Å². The van der Waals surface area contributed by atoms with Gasteiger partial charge in [-0.25, -0.2) is 0 Å². The van der Waals surface area contributed by atoms with Gasteiger partial charge >= 0.3 is 0 Å². The zero-order valence-corrected chi connectivity index (χ0v) is 10.8. The molecule has 92 valence electrons. The van der Waals surface area contributed by atoms with Crippen LogP contribution in [0.25, 0.3) is 11.1 Å². The lowest BCUT2D eigenvalue weighted by Gasteiger charge is -2.35. The Morgan fingerprint density at radius 1 is 1.00 bits per heavy atom. The van der Waals surface area contributed by atoms with Crippen LogP contribution < -0.4 is 4.74 Å². The van der Waals surface area contributed by atoms with Crippen molar-refractivity contribution in [3.8, 4) is 22.6 Å². The van der Waals surface area contributed by atoms with Crippen LogP contribution in [-0.2, 0) is 5.60 Å². The van der Waals surface area contributed by atoms with Gasteiger partial charge in [-0.2, -0.15) is 0 Å². The maximum atomic E-state index is 9.57. The number of aryl methyl sites for hydroxylation is 1. The Balaban J connectivity index is 2.31. The van der Waals surface area contributed by atoms with E-state index < -0.39 is 0 Å². The smallest absolute Gasteiger partial charge is 0.132 e. The number of benzene rings is 2. The summed E-state index contributed by atoms with van der Waals surface area (Å²) in [5.41, 5.74) is 4.28. The first kappa shape index (κ1) is 11.1. The zero-order chi connectivity index (χ0) is 12.9. The second-order valence-electron chi connectivity index (χ2n) is 5.34. The maximum absolute atomic E-state index is 9.57. The van der Waals surface area contributed by atoms with E-state index in [0.29, 0.717) is 0 Å². The molecule has 2 nitrogen and oxygen atoms in total. The van der Waals surface area contributed by atoms with E-state index in [1.807, 2.05) is 6.07 Å². The van der Waals surface area contributed by atoms with Crippen LogP contribution in [0.5, 0.6) is 11.5 Å². The molecule has 0 saturated heterocycles. The summed E-state index contributed by atoms with van der Waals surface area (Å²) >= 11 is 0. The normalized spacial score (nSPS) is 15.5. The summed E-state index contributed by atoms with van der Waals surface area (Å²) in [5.74, 6) is 0.983. The fourth-order valence-corrected chi connectivity index (χ4v) is 2.54. The highest BCUT2D eigenvalue weighted by Crippen LogP contribution is 2.46. The summed E-state index contributed by atoms with van der Waals surface area (Å²) in [6.07, 6.45) is 0. The van der Waals surface area contributed by atoms with Gasteiger partial charge in [0.05, 0.1) is 0 Å². The average Bonchev–Trinajstić information content (AvgIpc) is 2.28. The summed E-state index contributed by atoms with van der Waals surface area (Å²) in [6, 6.07) is 11.7. The second-order valence-corrected chi connectivity index (χ2v) is 5.34. The van der Waals surface area contributed by atoms with Crippen molar-refractivity contribution in [1.82, 2.24) is 0 Å². The first-order chi connectivity index (χ1) is 8.47. The van der Waals surface area contributed by atoms with E-state index in [9.17, 15) is 5.11 Å². The molecule has 0 bridgehead atoms. The maximum Gasteiger partial charge on any atom is 0.132 e. The van der Waals surface area contributed by atoms with Crippen molar-refractivity contribution < 1.29 is 9.84 Å². The average molecular weight is 240 g/mol. The molecule has 0 fully saturated rings. The molecule has 1 N–H and O–H groups in total. The van der Waals surface area contributed by atoms with Gasteiger partial charge in [-0.15, -0.1) is 0 Å². The van der Waals surface area contributed by atoms with Gasteiger partial charge in [0.25, 0.3) is 0 Å².